The van der Waals surface area contributed by atoms with E-state index in [2.05, 4.69) is 11.1 Å². The molecule has 3 aromatic rings. The van der Waals surface area contributed by atoms with E-state index in [4.69, 9.17) is 11.1 Å². The Bertz CT molecular complexity index is 811. The van der Waals surface area contributed by atoms with E-state index < -0.39 is 0 Å². The molecule has 4 nitrogen and oxygen atoms in total. The lowest BCUT2D eigenvalue weighted by molar-refractivity contribution is 1.15. The molecule has 0 spiro atoms. The summed E-state index contributed by atoms with van der Waals surface area (Å²) in [6.45, 7) is 0. The van der Waals surface area contributed by atoms with Gasteiger partial charge in [0, 0.05) is 23.7 Å². The van der Waals surface area contributed by atoms with Gasteiger partial charge < -0.3 is 10.6 Å². The third-order valence-corrected chi connectivity index (χ3v) is 3.47. The summed E-state index contributed by atoms with van der Waals surface area (Å²) in [4.78, 5) is 6.65. The number of hydrogen-bond acceptors (Lipinski definition) is 3. The minimum atomic E-state index is 0.0664. The Hall–Kier alpha value is -2.88. The Kier molecular flexibility index (Phi) is 3.28. The molecule has 1 aromatic heterocycles. The lowest BCUT2D eigenvalue weighted by atomic mass is 10.1. The summed E-state index contributed by atoms with van der Waals surface area (Å²) in [5.74, 6) is 0.922. The predicted octanol–water partition coefficient (Wildman–Crippen LogP) is 3.29. The van der Waals surface area contributed by atoms with E-state index in [1.54, 1.807) is 0 Å². The molecular formula is C17H16N4. The number of anilines is 2. The predicted molar refractivity (Wildman–Crippen MR) is 87.3 cm³/mol. The highest BCUT2D eigenvalue weighted by molar-refractivity contribution is 5.96. The topological polar surface area (TPSA) is 66.0 Å². The summed E-state index contributed by atoms with van der Waals surface area (Å²) < 4.78 is 0. The van der Waals surface area contributed by atoms with Crippen LogP contribution in [0.25, 0.3) is 10.9 Å². The van der Waals surface area contributed by atoms with E-state index in [0.29, 0.717) is 5.56 Å². The van der Waals surface area contributed by atoms with Gasteiger partial charge in [-0.05, 0) is 30.3 Å². The number of nitrogens with one attached hydrogen (secondary N) is 1. The zero-order valence-electron chi connectivity index (χ0n) is 11.7. The Labute approximate surface area is 123 Å². The first kappa shape index (κ1) is 13.1. The fourth-order valence-corrected chi connectivity index (χ4v) is 2.26. The molecule has 21 heavy (non-hydrogen) atoms. The number of amidine groups is 1. The van der Waals surface area contributed by atoms with Gasteiger partial charge in [-0.1, -0.05) is 30.3 Å². The molecule has 0 radical (unpaired) electrons. The largest absolute Gasteiger partial charge is 0.384 e. The van der Waals surface area contributed by atoms with Crippen LogP contribution in [-0.2, 0) is 0 Å². The second-order valence-electron chi connectivity index (χ2n) is 4.89. The normalized spacial score (nSPS) is 10.5. The minimum Gasteiger partial charge on any atom is -0.384 e. The van der Waals surface area contributed by atoms with Crippen LogP contribution in [-0.4, -0.2) is 17.9 Å². The summed E-state index contributed by atoms with van der Waals surface area (Å²) in [7, 11) is 1.95. The first-order valence-corrected chi connectivity index (χ1v) is 6.69. The van der Waals surface area contributed by atoms with Crippen molar-refractivity contribution in [1.29, 1.82) is 5.41 Å². The first-order valence-electron chi connectivity index (χ1n) is 6.69. The van der Waals surface area contributed by atoms with Gasteiger partial charge in [0.2, 0.25) is 0 Å². The molecule has 0 saturated carbocycles. The van der Waals surface area contributed by atoms with Crippen molar-refractivity contribution in [2.24, 2.45) is 5.73 Å². The Balaban J connectivity index is 2.01. The standard InChI is InChI=1S/C17H16N4/c1-21(14-7-4-6-13(11-14)17(18)19)16-10-9-12-5-2-3-8-15(12)20-16/h2-11H,1H3,(H3,18,19). The van der Waals surface area contributed by atoms with Crippen LogP contribution in [0.1, 0.15) is 5.56 Å². The number of nitrogens with two attached hydrogens (primary N) is 1. The van der Waals surface area contributed by atoms with Gasteiger partial charge in [0.1, 0.15) is 11.7 Å². The van der Waals surface area contributed by atoms with E-state index in [9.17, 15) is 0 Å². The van der Waals surface area contributed by atoms with Crippen LogP contribution in [0.15, 0.2) is 60.7 Å². The maximum atomic E-state index is 7.53. The van der Waals surface area contributed by atoms with E-state index >= 15 is 0 Å². The number of nitrogens with zero attached hydrogens (tertiary/aromatic N) is 2. The van der Waals surface area contributed by atoms with Crippen molar-refractivity contribution in [2.75, 3.05) is 11.9 Å². The van der Waals surface area contributed by atoms with Crippen molar-refractivity contribution >= 4 is 28.2 Å². The average molecular weight is 276 g/mol. The molecule has 0 saturated heterocycles. The summed E-state index contributed by atoms with van der Waals surface area (Å²) in [6.07, 6.45) is 0. The molecule has 2 aromatic carbocycles. The molecular weight excluding hydrogens is 260 g/mol. The van der Waals surface area contributed by atoms with E-state index in [0.717, 1.165) is 22.4 Å². The van der Waals surface area contributed by atoms with Crippen LogP contribution in [0, 0.1) is 5.41 Å². The number of benzene rings is 2. The molecule has 0 aliphatic carbocycles. The third kappa shape index (κ3) is 2.56. The van der Waals surface area contributed by atoms with Crippen molar-refractivity contribution < 1.29 is 0 Å². The smallest absolute Gasteiger partial charge is 0.133 e. The first-order chi connectivity index (χ1) is 10.1. The van der Waals surface area contributed by atoms with Gasteiger partial charge in [-0.3, -0.25) is 5.41 Å². The number of aromatic nitrogens is 1. The van der Waals surface area contributed by atoms with Crippen LogP contribution in [0.2, 0.25) is 0 Å². The van der Waals surface area contributed by atoms with Crippen molar-refractivity contribution in [3.05, 3.63) is 66.2 Å². The van der Waals surface area contributed by atoms with Crippen LogP contribution in [0.5, 0.6) is 0 Å². The molecule has 3 rings (SSSR count). The van der Waals surface area contributed by atoms with Gasteiger partial charge in [-0.2, -0.15) is 0 Å². The van der Waals surface area contributed by atoms with E-state index in [-0.39, 0.29) is 5.84 Å². The fraction of sp³-hybridized carbons (Fsp3) is 0.0588. The molecule has 4 heteroatoms. The van der Waals surface area contributed by atoms with Gasteiger partial charge in [0.15, 0.2) is 0 Å². The molecule has 104 valence electrons. The molecule has 3 N–H and O–H groups in total. The molecule has 0 aliphatic heterocycles. The number of fused-ring (bicyclic) bond motifs is 1. The van der Waals surface area contributed by atoms with E-state index in [1.165, 1.54) is 0 Å². The van der Waals surface area contributed by atoms with Gasteiger partial charge in [0.25, 0.3) is 0 Å². The number of nitrogen functional groups attached to an aromatic ring is 1. The highest BCUT2D eigenvalue weighted by Gasteiger charge is 2.07. The minimum absolute atomic E-state index is 0.0664. The van der Waals surface area contributed by atoms with Crippen LogP contribution in [0.4, 0.5) is 11.5 Å². The number of hydrogen-bond donors (Lipinski definition) is 2. The van der Waals surface area contributed by atoms with Gasteiger partial charge in [0.05, 0.1) is 5.52 Å². The molecule has 0 atom stereocenters. The van der Waals surface area contributed by atoms with Crippen molar-refractivity contribution in [3.8, 4) is 0 Å². The molecule has 1 heterocycles. The fourth-order valence-electron chi connectivity index (χ4n) is 2.26. The summed E-state index contributed by atoms with van der Waals surface area (Å²) in [6, 6.07) is 19.7. The highest BCUT2D eigenvalue weighted by Crippen LogP contribution is 2.24. The summed E-state index contributed by atoms with van der Waals surface area (Å²) in [5, 5.41) is 8.65. The average Bonchev–Trinajstić information content (AvgIpc) is 2.53. The molecule has 0 bridgehead atoms. The number of rotatable bonds is 3. The Morgan fingerprint density at radius 3 is 2.67 bits per heavy atom. The highest BCUT2D eigenvalue weighted by atomic mass is 15.2. The summed E-state index contributed by atoms with van der Waals surface area (Å²) >= 11 is 0. The zero-order valence-corrected chi connectivity index (χ0v) is 11.7. The van der Waals surface area contributed by atoms with Gasteiger partial charge in [-0.25, -0.2) is 4.98 Å². The quantitative estimate of drug-likeness (QED) is 0.570. The SMILES string of the molecule is CN(c1cccc(C(=N)N)c1)c1ccc2ccccc2n1. The Morgan fingerprint density at radius 1 is 1.05 bits per heavy atom. The van der Waals surface area contributed by atoms with Crippen LogP contribution < -0.4 is 10.6 Å². The lowest BCUT2D eigenvalue weighted by Gasteiger charge is -2.19. The van der Waals surface area contributed by atoms with Crippen LogP contribution >= 0.6 is 0 Å². The molecule has 0 amide bonds. The Morgan fingerprint density at radius 2 is 1.86 bits per heavy atom. The molecule has 0 fully saturated rings. The zero-order chi connectivity index (χ0) is 14.8. The van der Waals surface area contributed by atoms with Crippen molar-refractivity contribution in [1.82, 2.24) is 4.98 Å². The second-order valence-corrected chi connectivity index (χ2v) is 4.89. The van der Waals surface area contributed by atoms with Crippen molar-refractivity contribution in [2.45, 2.75) is 0 Å². The maximum absolute atomic E-state index is 7.53. The molecule has 0 aliphatic rings. The maximum Gasteiger partial charge on any atom is 0.133 e. The van der Waals surface area contributed by atoms with Gasteiger partial charge in [-0.15, -0.1) is 0 Å². The van der Waals surface area contributed by atoms with Gasteiger partial charge >= 0.3 is 0 Å². The van der Waals surface area contributed by atoms with Crippen LogP contribution in [0.3, 0.4) is 0 Å². The second kappa shape index (κ2) is 5.25. The third-order valence-electron chi connectivity index (χ3n) is 3.47. The van der Waals surface area contributed by atoms with E-state index in [1.807, 2.05) is 66.5 Å². The summed E-state index contributed by atoms with van der Waals surface area (Å²) in [5.41, 5.74) is 8.17. The lowest BCUT2D eigenvalue weighted by Crippen LogP contribution is -2.14. The monoisotopic (exact) mass is 276 g/mol. The molecule has 0 unspecified atom stereocenters. The number of para-hydroxylation sites is 1. The number of pyridine rings is 1. The van der Waals surface area contributed by atoms with Crippen molar-refractivity contribution in [3.63, 3.8) is 0 Å².